The van der Waals surface area contributed by atoms with E-state index in [-0.39, 0.29) is 6.03 Å². The number of rotatable bonds is 5. The van der Waals surface area contributed by atoms with E-state index >= 15 is 0 Å². The van der Waals surface area contributed by atoms with E-state index < -0.39 is 0 Å². The monoisotopic (exact) mass is 273 g/mol. The first-order chi connectivity index (χ1) is 9.72. The van der Waals surface area contributed by atoms with Gasteiger partial charge < -0.3 is 14.6 Å². The molecule has 0 saturated heterocycles. The van der Waals surface area contributed by atoms with Crippen LogP contribution in [0, 0.1) is 0 Å². The fourth-order valence-electron chi connectivity index (χ4n) is 1.97. The van der Waals surface area contributed by atoms with Crippen LogP contribution >= 0.6 is 0 Å². The van der Waals surface area contributed by atoms with Gasteiger partial charge in [-0.15, -0.1) is 0 Å². The van der Waals surface area contributed by atoms with Crippen molar-refractivity contribution in [3.8, 4) is 0 Å². The Morgan fingerprint density at radius 3 is 2.35 bits per heavy atom. The summed E-state index contributed by atoms with van der Waals surface area (Å²) in [5, 5.41) is 5.36. The third-order valence-corrected chi connectivity index (χ3v) is 3.01. The molecule has 1 aromatic heterocycles. The van der Waals surface area contributed by atoms with Crippen LogP contribution in [0.15, 0.2) is 47.1 Å². The number of furan rings is 1. The number of hydrogen-bond acceptors (Lipinski definition) is 3. The van der Waals surface area contributed by atoms with E-state index in [1.807, 2.05) is 24.3 Å². The third-order valence-electron chi connectivity index (χ3n) is 3.01. The van der Waals surface area contributed by atoms with Gasteiger partial charge in [-0.3, -0.25) is 5.32 Å². The molecule has 0 unspecified atom stereocenters. The number of amides is 2. The van der Waals surface area contributed by atoms with Gasteiger partial charge in [-0.2, -0.15) is 0 Å². The maximum atomic E-state index is 11.7. The van der Waals surface area contributed by atoms with Crippen molar-refractivity contribution in [2.75, 3.05) is 28.6 Å². The quantitative estimate of drug-likeness (QED) is 0.871. The number of benzene rings is 1. The summed E-state index contributed by atoms with van der Waals surface area (Å²) in [6, 6.07) is 10.8. The molecule has 5 nitrogen and oxygen atoms in total. The molecule has 0 aliphatic heterocycles. The maximum Gasteiger partial charge on any atom is 0.326 e. The molecular formula is C15H19N3O2. The predicted molar refractivity (Wildman–Crippen MR) is 81.4 cm³/mol. The number of carbonyl (C=O) groups is 1. The first kappa shape index (κ1) is 14.0. The second-order valence-electron chi connectivity index (χ2n) is 4.28. The maximum absolute atomic E-state index is 11.7. The van der Waals surface area contributed by atoms with Gasteiger partial charge in [0.15, 0.2) is 0 Å². The molecule has 0 saturated carbocycles. The largest absolute Gasteiger partial charge is 0.449 e. The normalized spacial score (nSPS) is 10.1. The van der Waals surface area contributed by atoms with Crippen molar-refractivity contribution in [2.24, 2.45) is 0 Å². The van der Waals surface area contributed by atoms with Gasteiger partial charge in [-0.05, 0) is 44.2 Å². The molecule has 0 atom stereocenters. The highest BCUT2D eigenvalue weighted by Crippen LogP contribution is 2.18. The molecule has 0 radical (unpaired) electrons. The average Bonchev–Trinajstić information content (AvgIpc) is 2.94. The van der Waals surface area contributed by atoms with E-state index in [2.05, 4.69) is 29.4 Å². The molecule has 0 bridgehead atoms. The van der Waals surface area contributed by atoms with Crippen LogP contribution in [-0.4, -0.2) is 19.1 Å². The van der Waals surface area contributed by atoms with E-state index in [1.54, 1.807) is 12.1 Å². The molecule has 2 rings (SSSR count). The van der Waals surface area contributed by atoms with Crippen molar-refractivity contribution >= 4 is 23.3 Å². The minimum absolute atomic E-state index is 0.324. The highest BCUT2D eigenvalue weighted by atomic mass is 16.3. The van der Waals surface area contributed by atoms with E-state index in [9.17, 15) is 4.79 Å². The van der Waals surface area contributed by atoms with E-state index in [0.717, 1.165) is 24.5 Å². The molecule has 106 valence electrons. The van der Waals surface area contributed by atoms with Gasteiger partial charge >= 0.3 is 6.03 Å². The Labute approximate surface area is 118 Å². The molecule has 1 aromatic carbocycles. The van der Waals surface area contributed by atoms with Crippen molar-refractivity contribution < 1.29 is 9.21 Å². The van der Waals surface area contributed by atoms with Gasteiger partial charge in [0.1, 0.15) is 0 Å². The summed E-state index contributed by atoms with van der Waals surface area (Å²) in [5.74, 6) is 0.419. The molecule has 5 heteroatoms. The number of anilines is 3. The first-order valence-corrected chi connectivity index (χ1v) is 6.69. The zero-order chi connectivity index (χ0) is 14.4. The second kappa shape index (κ2) is 6.65. The van der Waals surface area contributed by atoms with Gasteiger partial charge in [0, 0.05) is 30.5 Å². The van der Waals surface area contributed by atoms with Gasteiger partial charge in [-0.1, -0.05) is 0 Å². The second-order valence-corrected chi connectivity index (χ2v) is 4.28. The van der Waals surface area contributed by atoms with Gasteiger partial charge in [0.25, 0.3) is 0 Å². The van der Waals surface area contributed by atoms with Crippen LogP contribution in [0.2, 0.25) is 0 Å². The standard InChI is InChI=1S/C15H19N3O2/c1-3-18(4-2)13-9-7-12(8-10-13)16-15(19)17-14-6-5-11-20-14/h5-11H,3-4H2,1-2H3,(H2,16,17,19). The molecule has 2 N–H and O–H groups in total. The van der Waals surface area contributed by atoms with Gasteiger partial charge in [0.05, 0.1) is 6.26 Å². The summed E-state index contributed by atoms with van der Waals surface area (Å²) in [6.45, 7) is 6.16. The van der Waals surface area contributed by atoms with Crippen LogP contribution in [0.4, 0.5) is 22.1 Å². The van der Waals surface area contributed by atoms with Gasteiger partial charge in [0.2, 0.25) is 5.88 Å². The molecule has 0 aliphatic rings. The lowest BCUT2D eigenvalue weighted by Gasteiger charge is -2.21. The highest BCUT2D eigenvalue weighted by molar-refractivity contribution is 5.98. The van der Waals surface area contributed by atoms with Crippen LogP contribution in [0.25, 0.3) is 0 Å². The molecule has 0 spiro atoms. The van der Waals surface area contributed by atoms with Crippen LogP contribution in [0.3, 0.4) is 0 Å². The SMILES string of the molecule is CCN(CC)c1ccc(NC(=O)Nc2ccco2)cc1. The molecule has 20 heavy (non-hydrogen) atoms. The number of urea groups is 1. The average molecular weight is 273 g/mol. The Kier molecular flexibility index (Phi) is 4.65. The van der Waals surface area contributed by atoms with Crippen LogP contribution in [0.5, 0.6) is 0 Å². The first-order valence-electron chi connectivity index (χ1n) is 6.69. The molecule has 2 aromatic rings. The minimum atomic E-state index is -0.324. The van der Waals surface area contributed by atoms with E-state index in [4.69, 9.17) is 4.42 Å². The Bertz CT molecular complexity index is 531. The fraction of sp³-hybridized carbons (Fsp3) is 0.267. The molecule has 0 fully saturated rings. The molecule has 1 heterocycles. The number of hydrogen-bond donors (Lipinski definition) is 2. The fourth-order valence-corrected chi connectivity index (χ4v) is 1.97. The summed E-state index contributed by atoms with van der Waals surface area (Å²) in [6.07, 6.45) is 1.51. The zero-order valence-electron chi connectivity index (χ0n) is 11.7. The van der Waals surface area contributed by atoms with Crippen molar-refractivity contribution in [3.05, 3.63) is 42.7 Å². The number of nitrogens with one attached hydrogen (secondary N) is 2. The molecule has 2 amide bonds. The zero-order valence-corrected chi connectivity index (χ0v) is 11.7. The van der Waals surface area contributed by atoms with Crippen LogP contribution in [0.1, 0.15) is 13.8 Å². The van der Waals surface area contributed by atoms with E-state index in [0.29, 0.717) is 5.88 Å². The smallest absolute Gasteiger partial charge is 0.326 e. The Hall–Kier alpha value is -2.43. The lowest BCUT2D eigenvalue weighted by molar-refractivity contribution is 0.261. The van der Waals surface area contributed by atoms with Crippen molar-refractivity contribution in [1.29, 1.82) is 0 Å². The summed E-state index contributed by atoms with van der Waals surface area (Å²) < 4.78 is 5.04. The summed E-state index contributed by atoms with van der Waals surface area (Å²) in [7, 11) is 0. The Morgan fingerprint density at radius 2 is 1.80 bits per heavy atom. The van der Waals surface area contributed by atoms with Crippen molar-refractivity contribution in [3.63, 3.8) is 0 Å². The van der Waals surface area contributed by atoms with Crippen LogP contribution < -0.4 is 15.5 Å². The summed E-state index contributed by atoms with van der Waals surface area (Å²) in [5.41, 5.74) is 1.89. The van der Waals surface area contributed by atoms with Crippen molar-refractivity contribution in [2.45, 2.75) is 13.8 Å². The Morgan fingerprint density at radius 1 is 1.10 bits per heavy atom. The molecule has 0 aliphatic carbocycles. The number of carbonyl (C=O) groups excluding carboxylic acids is 1. The van der Waals surface area contributed by atoms with Gasteiger partial charge in [-0.25, -0.2) is 4.79 Å². The molecular weight excluding hydrogens is 254 g/mol. The van der Waals surface area contributed by atoms with E-state index in [1.165, 1.54) is 6.26 Å². The summed E-state index contributed by atoms with van der Waals surface area (Å²) in [4.78, 5) is 14.0. The summed E-state index contributed by atoms with van der Waals surface area (Å²) >= 11 is 0. The third kappa shape index (κ3) is 3.54. The predicted octanol–water partition coefficient (Wildman–Crippen LogP) is 3.77. The lowest BCUT2D eigenvalue weighted by Crippen LogP contribution is -2.22. The Balaban J connectivity index is 1.95. The van der Waals surface area contributed by atoms with Crippen molar-refractivity contribution in [1.82, 2.24) is 0 Å². The highest BCUT2D eigenvalue weighted by Gasteiger charge is 2.05. The lowest BCUT2D eigenvalue weighted by atomic mass is 10.2. The minimum Gasteiger partial charge on any atom is -0.449 e. The number of nitrogens with zero attached hydrogens (tertiary/aromatic N) is 1. The topological polar surface area (TPSA) is 57.5 Å². The van der Waals surface area contributed by atoms with Crippen LogP contribution in [-0.2, 0) is 0 Å².